The second kappa shape index (κ2) is 11.1. The Morgan fingerprint density at radius 1 is 0.596 bits per heavy atom. The van der Waals surface area contributed by atoms with Crippen LogP contribution in [0.15, 0.2) is 48.5 Å². The third-order valence-electron chi connectivity index (χ3n) is 12.3. The number of nitrogens with zero attached hydrogens (tertiary/aromatic N) is 4. The number of rotatable bonds is 3. The quantitative estimate of drug-likeness (QED) is 0.246. The van der Waals surface area contributed by atoms with Gasteiger partial charge in [0.15, 0.2) is 0 Å². The van der Waals surface area contributed by atoms with Crippen LogP contribution in [0.25, 0.3) is 0 Å². The van der Waals surface area contributed by atoms with Gasteiger partial charge >= 0.3 is 0 Å². The molecule has 10 heterocycles. The molecule has 6 N–H and O–H groups in total. The predicted molar refractivity (Wildman–Crippen MR) is 208 cm³/mol. The number of piperazine rings is 2. The zero-order valence-electron chi connectivity index (χ0n) is 26.8. The van der Waals surface area contributed by atoms with Crippen molar-refractivity contribution in [2.75, 3.05) is 37.9 Å². The van der Waals surface area contributed by atoms with Crippen LogP contribution in [0.4, 0.5) is 11.4 Å². The molecule has 0 radical (unpaired) electrons. The van der Waals surface area contributed by atoms with Gasteiger partial charge in [0.05, 0.1) is 24.0 Å². The molecule has 14 nitrogen and oxygen atoms in total. The van der Waals surface area contributed by atoms with Crippen LogP contribution in [0.5, 0.6) is 0 Å². The summed E-state index contributed by atoms with van der Waals surface area (Å²) in [7, 11) is 11.9. The number of nitrogens with one attached hydrogen (secondary N) is 2. The van der Waals surface area contributed by atoms with Crippen molar-refractivity contribution in [2.24, 2.45) is 0 Å². The van der Waals surface area contributed by atoms with Crippen LogP contribution in [0.3, 0.4) is 0 Å². The average Bonchev–Trinajstić information content (AvgIpc) is 3.79. The van der Waals surface area contributed by atoms with E-state index in [1.54, 1.807) is 48.5 Å². The fourth-order valence-electron chi connectivity index (χ4n) is 10.0. The Labute approximate surface area is 326 Å². The Kier molecular flexibility index (Phi) is 7.48. The Balaban J connectivity index is 1.35. The van der Waals surface area contributed by atoms with E-state index in [0.29, 0.717) is 22.5 Å². The molecule has 4 amide bonds. The zero-order chi connectivity index (χ0) is 36.4. The van der Waals surface area contributed by atoms with E-state index in [4.69, 9.17) is 0 Å². The van der Waals surface area contributed by atoms with Crippen molar-refractivity contribution >= 4 is 117 Å². The first-order valence-corrected chi connectivity index (χ1v) is 25.5. The topological polar surface area (TPSA) is 186 Å². The molecule has 52 heavy (non-hydrogen) atoms. The molecule has 1 unspecified atom stereocenters. The highest BCUT2D eigenvalue weighted by molar-refractivity contribution is 9.27. The van der Waals surface area contributed by atoms with Crippen LogP contribution in [-0.4, -0.2) is 135 Å². The second-order valence-electron chi connectivity index (χ2n) is 13.7. The molecule has 10 aliphatic rings. The van der Waals surface area contributed by atoms with Crippen LogP contribution in [0.1, 0.15) is 11.1 Å². The van der Waals surface area contributed by atoms with E-state index in [-0.39, 0.29) is 0 Å². The Morgan fingerprint density at radius 2 is 0.962 bits per heavy atom. The monoisotopic (exact) mass is 856 g/mol. The summed E-state index contributed by atoms with van der Waals surface area (Å²) < 4.78 is 0. The standard InChI is InChI=1S/C30H28N6O8S8/c1-33-23(43)29-17(39)27(13-7-3-5-9-15(13)31-19(27)35(29)21(41)25(33,11-37)45-49-51-47-29)28-14-8-4-6-10-16(14)32-20(28)36-22(42)26(12-38)34(2)24(44)30(36,18(28)40)48-52-50-46-26/h3-10,17-20,31-32,37-40H,11-12H2,1-2H3/t17-,18-,19+,20+,25-,26+,27+,28?,29-,30-/m0/s1. The summed E-state index contributed by atoms with van der Waals surface area (Å²) in [6.07, 6.45) is -5.99. The summed E-state index contributed by atoms with van der Waals surface area (Å²) in [6.45, 7) is -1.41. The number of carbonyl (C=O) groups excluding carboxylic acids is 4. The van der Waals surface area contributed by atoms with E-state index < -0.39 is 91.7 Å². The molecule has 0 aromatic heterocycles. The van der Waals surface area contributed by atoms with Crippen molar-refractivity contribution in [3.05, 3.63) is 59.7 Å². The Morgan fingerprint density at radius 3 is 1.35 bits per heavy atom. The van der Waals surface area contributed by atoms with E-state index >= 15 is 19.2 Å². The summed E-state index contributed by atoms with van der Waals surface area (Å²) in [6, 6.07) is 14.3. The molecule has 10 aliphatic heterocycles. The number of anilines is 2. The lowest BCUT2D eigenvalue weighted by atomic mass is 9.52. The number of amides is 4. The van der Waals surface area contributed by atoms with Crippen molar-refractivity contribution in [3.8, 4) is 0 Å². The molecule has 2 spiro atoms. The predicted octanol–water partition coefficient (Wildman–Crippen LogP) is 1.87. The molecule has 8 saturated heterocycles. The maximum Gasteiger partial charge on any atom is 0.265 e. The van der Waals surface area contributed by atoms with Gasteiger partial charge in [-0.3, -0.25) is 29.0 Å². The number of fused-ring (bicyclic) bond motifs is 15. The van der Waals surface area contributed by atoms with E-state index in [2.05, 4.69) is 10.6 Å². The van der Waals surface area contributed by atoms with Crippen LogP contribution < -0.4 is 10.6 Å². The molecule has 2 aromatic carbocycles. The van der Waals surface area contributed by atoms with Crippen LogP contribution >= 0.6 is 82.5 Å². The Bertz CT molecular complexity index is 1890. The summed E-state index contributed by atoms with van der Waals surface area (Å²) in [5, 5.41) is 55.9. The zero-order valence-corrected chi connectivity index (χ0v) is 33.4. The minimum atomic E-state index is -1.98. The average molecular weight is 857 g/mol. The lowest BCUT2D eigenvalue weighted by molar-refractivity contribution is -0.168. The van der Waals surface area contributed by atoms with Gasteiger partial charge in [-0.25, -0.2) is 0 Å². The van der Waals surface area contributed by atoms with Crippen LogP contribution in [-0.2, 0) is 30.0 Å². The highest BCUT2D eigenvalue weighted by Gasteiger charge is 2.92. The summed E-state index contributed by atoms with van der Waals surface area (Å²) in [5.74, 6) is -2.44. The van der Waals surface area contributed by atoms with Crippen molar-refractivity contribution in [1.29, 1.82) is 0 Å². The van der Waals surface area contributed by atoms with Crippen LogP contribution in [0, 0.1) is 0 Å². The maximum atomic E-state index is 15.2. The molecule has 0 aliphatic carbocycles. The highest BCUT2D eigenvalue weighted by atomic mass is 33.7. The van der Waals surface area contributed by atoms with E-state index in [9.17, 15) is 20.4 Å². The molecule has 8 fully saturated rings. The number of likely N-dealkylation sites (N-methyl/N-ethyl adjacent to an activating group) is 2. The molecule has 4 bridgehead atoms. The summed E-state index contributed by atoms with van der Waals surface area (Å²) >= 11 is 0. The first kappa shape index (κ1) is 35.0. The van der Waals surface area contributed by atoms with Crippen molar-refractivity contribution in [1.82, 2.24) is 19.6 Å². The molecule has 2 aromatic rings. The Hall–Kier alpha value is -1.44. The lowest BCUT2D eigenvalue weighted by Crippen LogP contribution is -2.76. The molecular weight excluding hydrogens is 829 g/mol. The van der Waals surface area contributed by atoms with E-state index in [1.165, 1.54) is 73.0 Å². The number of aliphatic hydroxyl groups excluding tert-OH is 4. The molecular formula is C30H28N6O8S8. The van der Waals surface area contributed by atoms with Gasteiger partial charge in [0.1, 0.15) is 24.5 Å². The lowest BCUT2D eigenvalue weighted by Gasteiger charge is -2.54. The first-order valence-electron chi connectivity index (χ1n) is 15.9. The minimum absolute atomic E-state index is 0.486. The van der Waals surface area contributed by atoms with Crippen molar-refractivity contribution < 1.29 is 39.6 Å². The molecule has 0 saturated carbocycles. The van der Waals surface area contributed by atoms with Gasteiger partial charge in [-0.1, -0.05) is 36.4 Å². The maximum absolute atomic E-state index is 15.2. The van der Waals surface area contributed by atoms with Crippen LogP contribution in [0.2, 0.25) is 0 Å². The number of benzene rings is 2. The third kappa shape index (κ3) is 3.33. The number of aliphatic hydroxyl groups is 4. The molecule has 22 heteroatoms. The van der Waals surface area contributed by atoms with Gasteiger partial charge in [-0.2, -0.15) is 0 Å². The van der Waals surface area contributed by atoms with Crippen molar-refractivity contribution in [2.45, 2.75) is 54.9 Å². The first-order chi connectivity index (χ1) is 25.0. The normalized spacial score (nSPS) is 43.9. The van der Waals surface area contributed by atoms with E-state index in [1.807, 2.05) is 0 Å². The number of hydrogen-bond donors (Lipinski definition) is 6. The van der Waals surface area contributed by atoms with E-state index in [0.717, 1.165) is 43.2 Å². The number of para-hydroxylation sites is 2. The molecule has 274 valence electrons. The van der Waals surface area contributed by atoms with Gasteiger partial charge in [-0.05, 0) is 106 Å². The SMILES string of the molecule is CN1C(=O)[C@]23SSSS[C@@]1(CO)C(=O)N2[C@H]1Nc2ccccc2[C@@]1(C12c4ccccc4N[C@@H]1N1C(=O)[C@@]4(CO)SSSS[C@]1(C(=O)N4C)[C@H]2O)[C@@H]3O. The fraction of sp³-hybridized carbons (Fsp3) is 0.467. The van der Waals surface area contributed by atoms with Gasteiger partial charge in [0.25, 0.3) is 23.6 Å². The highest BCUT2D eigenvalue weighted by Crippen LogP contribution is 2.78. The minimum Gasteiger partial charge on any atom is -0.392 e. The van der Waals surface area contributed by atoms with Crippen molar-refractivity contribution in [3.63, 3.8) is 0 Å². The van der Waals surface area contributed by atoms with Gasteiger partial charge in [0, 0.05) is 25.5 Å². The largest absolute Gasteiger partial charge is 0.392 e. The number of hydrogen-bond acceptors (Lipinski definition) is 18. The summed E-state index contributed by atoms with van der Waals surface area (Å²) in [4.78, 5) is 58.1. The number of carbonyl (C=O) groups is 4. The second-order valence-corrected chi connectivity index (χ2v) is 26.0. The summed E-state index contributed by atoms with van der Waals surface area (Å²) in [5.41, 5.74) is -1.62. The smallest absolute Gasteiger partial charge is 0.265 e. The molecule has 10 atom stereocenters. The fourth-order valence-corrected chi connectivity index (χ4v) is 25.3. The van der Waals surface area contributed by atoms with Gasteiger partial charge in [-0.15, -0.1) is 0 Å². The van der Waals surface area contributed by atoms with Gasteiger partial charge in [0.2, 0.25) is 19.5 Å². The van der Waals surface area contributed by atoms with Gasteiger partial charge < -0.3 is 40.9 Å². The molecule has 12 rings (SSSR count). The third-order valence-corrected chi connectivity index (χ3v) is 26.8.